The van der Waals surface area contributed by atoms with Crippen LogP contribution in [0.5, 0.6) is 0 Å². The highest BCUT2D eigenvalue weighted by atomic mass is 15.0. The van der Waals surface area contributed by atoms with Crippen molar-refractivity contribution in [3.63, 3.8) is 0 Å². The lowest BCUT2D eigenvalue weighted by atomic mass is 9.99. The standard InChI is InChI=1S/C13H25N/c1-10-5-6-13(7-10)8-11(13)9-14-12(2,3)4/h10-11,14H,5-9H2,1-4H3. The van der Waals surface area contributed by atoms with E-state index in [1.165, 1.54) is 32.2 Å². The zero-order chi connectivity index (χ0) is 10.4. The summed E-state index contributed by atoms with van der Waals surface area (Å²) in [5, 5.41) is 3.65. The molecule has 14 heavy (non-hydrogen) atoms. The van der Waals surface area contributed by atoms with Gasteiger partial charge in [-0.15, -0.1) is 0 Å². The van der Waals surface area contributed by atoms with Crippen LogP contribution in [0.25, 0.3) is 0 Å². The first-order chi connectivity index (χ1) is 6.41. The Balaban J connectivity index is 1.77. The third-order valence-electron chi connectivity index (χ3n) is 4.13. The SMILES string of the molecule is CC1CCC2(C1)CC2CNC(C)(C)C. The van der Waals surface area contributed by atoms with Gasteiger partial charge in [0, 0.05) is 5.54 Å². The summed E-state index contributed by atoms with van der Waals surface area (Å²) in [5.74, 6) is 1.99. The Labute approximate surface area is 88.7 Å². The van der Waals surface area contributed by atoms with Crippen molar-refractivity contribution in [1.29, 1.82) is 0 Å². The van der Waals surface area contributed by atoms with Gasteiger partial charge in [-0.2, -0.15) is 0 Å². The molecule has 2 rings (SSSR count). The minimum atomic E-state index is 0.300. The second kappa shape index (κ2) is 3.23. The summed E-state index contributed by atoms with van der Waals surface area (Å²) in [7, 11) is 0. The number of nitrogens with one attached hydrogen (secondary N) is 1. The predicted molar refractivity (Wildman–Crippen MR) is 61.3 cm³/mol. The maximum Gasteiger partial charge on any atom is 0.00966 e. The molecule has 0 amide bonds. The van der Waals surface area contributed by atoms with E-state index in [1.807, 2.05) is 0 Å². The number of hydrogen-bond acceptors (Lipinski definition) is 1. The van der Waals surface area contributed by atoms with Crippen LogP contribution in [0, 0.1) is 17.3 Å². The van der Waals surface area contributed by atoms with E-state index in [1.54, 1.807) is 0 Å². The Hall–Kier alpha value is -0.0400. The van der Waals surface area contributed by atoms with Gasteiger partial charge in [0.05, 0.1) is 0 Å². The van der Waals surface area contributed by atoms with E-state index in [4.69, 9.17) is 0 Å². The molecule has 1 spiro atoms. The van der Waals surface area contributed by atoms with Gasteiger partial charge in [0.1, 0.15) is 0 Å². The van der Waals surface area contributed by atoms with Crippen LogP contribution in [-0.2, 0) is 0 Å². The molecule has 0 bridgehead atoms. The average Bonchev–Trinajstić information content (AvgIpc) is 2.57. The predicted octanol–water partition coefficient (Wildman–Crippen LogP) is 3.20. The fourth-order valence-electron chi connectivity index (χ4n) is 3.14. The monoisotopic (exact) mass is 195 g/mol. The van der Waals surface area contributed by atoms with Crippen molar-refractivity contribution in [2.45, 2.75) is 58.9 Å². The molecule has 2 fully saturated rings. The summed E-state index contributed by atoms with van der Waals surface area (Å²) in [6, 6.07) is 0. The molecule has 2 aliphatic rings. The van der Waals surface area contributed by atoms with Gasteiger partial charge >= 0.3 is 0 Å². The molecular formula is C13H25N. The molecule has 0 aromatic heterocycles. The lowest BCUT2D eigenvalue weighted by molar-refractivity contribution is 0.375. The van der Waals surface area contributed by atoms with Gasteiger partial charge in [0.2, 0.25) is 0 Å². The highest BCUT2D eigenvalue weighted by Crippen LogP contribution is 2.63. The van der Waals surface area contributed by atoms with Crippen LogP contribution in [0.15, 0.2) is 0 Å². The van der Waals surface area contributed by atoms with Gasteiger partial charge in [0.15, 0.2) is 0 Å². The quantitative estimate of drug-likeness (QED) is 0.713. The average molecular weight is 195 g/mol. The first-order valence-corrected chi connectivity index (χ1v) is 6.16. The molecule has 1 N–H and O–H groups in total. The van der Waals surface area contributed by atoms with E-state index >= 15 is 0 Å². The van der Waals surface area contributed by atoms with Crippen LogP contribution in [0.2, 0.25) is 0 Å². The van der Waals surface area contributed by atoms with Gasteiger partial charge < -0.3 is 5.32 Å². The first-order valence-electron chi connectivity index (χ1n) is 6.16. The maximum absolute atomic E-state index is 3.65. The second-order valence-corrected chi connectivity index (χ2v) is 6.74. The van der Waals surface area contributed by atoms with Crippen molar-refractivity contribution in [2.75, 3.05) is 6.54 Å². The minimum Gasteiger partial charge on any atom is -0.312 e. The van der Waals surface area contributed by atoms with Gasteiger partial charge in [-0.1, -0.05) is 13.3 Å². The van der Waals surface area contributed by atoms with Crippen LogP contribution >= 0.6 is 0 Å². The number of hydrogen-bond donors (Lipinski definition) is 1. The fraction of sp³-hybridized carbons (Fsp3) is 1.00. The van der Waals surface area contributed by atoms with Crippen molar-refractivity contribution in [2.24, 2.45) is 17.3 Å². The van der Waals surface area contributed by atoms with E-state index in [2.05, 4.69) is 33.0 Å². The molecule has 0 heterocycles. The van der Waals surface area contributed by atoms with E-state index < -0.39 is 0 Å². The van der Waals surface area contributed by atoms with Crippen molar-refractivity contribution in [1.82, 2.24) is 5.32 Å². The molecule has 0 radical (unpaired) electrons. The molecule has 3 unspecified atom stereocenters. The largest absolute Gasteiger partial charge is 0.312 e. The lowest BCUT2D eigenvalue weighted by Crippen LogP contribution is -2.37. The number of rotatable bonds is 2. The fourth-order valence-corrected chi connectivity index (χ4v) is 3.14. The van der Waals surface area contributed by atoms with Crippen LogP contribution in [0.3, 0.4) is 0 Å². The Bertz CT molecular complexity index is 216. The molecule has 2 saturated carbocycles. The Kier molecular flexibility index (Phi) is 2.42. The molecule has 3 atom stereocenters. The third-order valence-corrected chi connectivity index (χ3v) is 4.13. The van der Waals surface area contributed by atoms with Crippen LogP contribution in [0.4, 0.5) is 0 Å². The zero-order valence-corrected chi connectivity index (χ0v) is 10.2. The van der Waals surface area contributed by atoms with Crippen LogP contribution < -0.4 is 5.32 Å². The summed E-state index contributed by atoms with van der Waals surface area (Å²) in [6.07, 6.45) is 5.99. The molecule has 1 nitrogen and oxygen atoms in total. The molecule has 82 valence electrons. The smallest absolute Gasteiger partial charge is 0.00966 e. The van der Waals surface area contributed by atoms with Crippen LogP contribution in [-0.4, -0.2) is 12.1 Å². The molecule has 0 aromatic rings. The van der Waals surface area contributed by atoms with Gasteiger partial charge in [-0.05, 0) is 63.8 Å². The highest BCUT2D eigenvalue weighted by Gasteiger charge is 2.56. The summed E-state index contributed by atoms with van der Waals surface area (Å²) < 4.78 is 0. The molecular weight excluding hydrogens is 170 g/mol. The minimum absolute atomic E-state index is 0.300. The summed E-state index contributed by atoms with van der Waals surface area (Å²) >= 11 is 0. The molecule has 0 aromatic carbocycles. The van der Waals surface area contributed by atoms with Gasteiger partial charge in [-0.25, -0.2) is 0 Å². The third kappa shape index (κ3) is 2.13. The maximum atomic E-state index is 3.65. The Morgan fingerprint density at radius 2 is 2.00 bits per heavy atom. The normalized spacial score (nSPS) is 42.0. The molecule has 2 aliphatic carbocycles. The van der Waals surface area contributed by atoms with E-state index in [0.717, 1.165) is 17.3 Å². The summed E-state index contributed by atoms with van der Waals surface area (Å²) in [5.41, 5.74) is 1.09. The van der Waals surface area contributed by atoms with Crippen molar-refractivity contribution in [3.8, 4) is 0 Å². The van der Waals surface area contributed by atoms with E-state index in [-0.39, 0.29) is 0 Å². The van der Waals surface area contributed by atoms with Crippen LogP contribution in [0.1, 0.15) is 53.4 Å². The lowest BCUT2D eigenvalue weighted by Gasteiger charge is -2.21. The van der Waals surface area contributed by atoms with Gasteiger partial charge in [0.25, 0.3) is 0 Å². The zero-order valence-electron chi connectivity index (χ0n) is 10.2. The first kappa shape index (κ1) is 10.5. The molecule has 0 aliphatic heterocycles. The topological polar surface area (TPSA) is 12.0 Å². The van der Waals surface area contributed by atoms with Crippen molar-refractivity contribution < 1.29 is 0 Å². The van der Waals surface area contributed by atoms with Gasteiger partial charge in [-0.3, -0.25) is 0 Å². The second-order valence-electron chi connectivity index (χ2n) is 6.74. The Morgan fingerprint density at radius 1 is 1.29 bits per heavy atom. The highest BCUT2D eigenvalue weighted by molar-refractivity contribution is 5.07. The Morgan fingerprint density at radius 3 is 2.50 bits per heavy atom. The van der Waals surface area contributed by atoms with Crippen molar-refractivity contribution in [3.05, 3.63) is 0 Å². The van der Waals surface area contributed by atoms with E-state index in [0.29, 0.717) is 5.54 Å². The van der Waals surface area contributed by atoms with Crippen molar-refractivity contribution >= 4 is 0 Å². The summed E-state index contributed by atoms with van der Waals surface area (Å²) in [6.45, 7) is 10.5. The van der Waals surface area contributed by atoms with E-state index in [9.17, 15) is 0 Å². The molecule has 0 saturated heterocycles. The molecule has 1 heteroatoms. The summed E-state index contributed by atoms with van der Waals surface area (Å²) in [4.78, 5) is 0.